The first-order valence-corrected chi connectivity index (χ1v) is 9.75. The predicted molar refractivity (Wildman–Crippen MR) is 94.5 cm³/mol. The zero-order valence-corrected chi connectivity index (χ0v) is 14.9. The highest BCUT2D eigenvalue weighted by atomic mass is 79.9. The molecule has 2 heterocycles. The van der Waals surface area contributed by atoms with E-state index in [2.05, 4.69) is 39.0 Å². The second-order valence-electron chi connectivity index (χ2n) is 6.65. The van der Waals surface area contributed by atoms with Gasteiger partial charge in [0.05, 0.1) is 15.2 Å². The third kappa shape index (κ3) is 2.84. The van der Waals surface area contributed by atoms with Crippen molar-refractivity contribution in [3.05, 3.63) is 27.7 Å². The highest BCUT2D eigenvalue weighted by Crippen LogP contribution is 2.43. The molecule has 0 unspecified atom stereocenters. The first kappa shape index (κ1) is 15.1. The van der Waals surface area contributed by atoms with Gasteiger partial charge in [0.2, 0.25) is 0 Å². The molecule has 0 radical (unpaired) electrons. The Bertz CT molecular complexity index is 660. The van der Waals surface area contributed by atoms with Gasteiger partial charge in [-0.05, 0) is 62.9 Å². The molecule has 0 bridgehead atoms. The topological polar surface area (TPSA) is 36.4 Å². The number of likely N-dealkylation sites (tertiary alicyclic amines) is 1. The van der Waals surface area contributed by atoms with E-state index in [1.54, 1.807) is 0 Å². The number of thiazole rings is 1. The van der Waals surface area contributed by atoms with E-state index >= 15 is 0 Å². The predicted octanol–water partition coefficient (Wildman–Crippen LogP) is 4.01. The quantitative estimate of drug-likeness (QED) is 0.873. The van der Waals surface area contributed by atoms with E-state index in [1.165, 1.54) is 22.5 Å². The standard InChI is InChI=1S/C17H21BrN2OS/c18-13-1-2-15-16(9-13)22-17(19-15)12-7-14(8-12)20-5-3-11(10-21)4-6-20/h1-2,9,11-12,14,21H,3-8,10H2/t12-,14+. The van der Waals surface area contributed by atoms with Crippen LogP contribution in [0.3, 0.4) is 0 Å². The van der Waals surface area contributed by atoms with Gasteiger partial charge in [-0.25, -0.2) is 4.98 Å². The molecule has 0 amide bonds. The number of hydrogen-bond acceptors (Lipinski definition) is 4. The van der Waals surface area contributed by atoms with Crippen LogP contribution in [0.5, 0.6) is 0 Å². The van der Waals surface area contributed by atoms with Gasteiger partial charge in [0, 0.05) is 23.0 Å². The molecule has 1 N–H and O–H groups in total. The molecule has 1 aliphatic carbocycles. The average Bonchev–Trinajstić information content (AvgIpc) is 2.89. The molecule has 22 heavy (non-hydrogen) atoms. The Labute approximate surface area is 143 Å². The highest BCUT2D eigenvalue weighted by molar-refractivity contribution is 9.10. The number of rotatable bonds is 3. The molecule has 1 saturated carbocycles. The van der Waals surface area contributed by atoms with E-state index in [0.717, 1.165) is 42.0 Å². The second kappa shape index (κ2) is 6.19. The fourth-order valence-corrected chi connectivity index (χ4v) is 5.32. The van der Waals surface area contributed by atoms with Crippen LogP contribution in [0.15, 0.2) is 22.7 Å². The second-order valence-corrected chi connectivity index (χ2v) is 8.63. The molecule has 4 rings (SSSR count). The van der Waals surface area contributed by atoms with Crippen LogP contribution in [-0.4, -0.2) is 40.7 Å². The zero-order valence-electron chi connectivity index (χ0n) is 12.5. The number of hydrogen-bond donors (Lipinski definition) is 1. The molecule has 0 spiro atoms. The Balaban J connectivity index is 1.38. The smallest absolute Gasteiger partial charge is 0.0970 e. The van der Waals surface area contributed by atoms with Crippen LogP contribution >= 0.6 is 27.3 Å². The fraction of sp³-hybridized carbons (Fsp3) is 0.588. The van der Waals surface area contributed by atoms with Gasteiger partial charge in [-0.2, -0.15) is 0 Å². The molecule has 1 aromatic heterocycles. The molecule has 1 saturated heterocycles. The van der Waals surface area contributed by atoms with Crippen LogP contribution in [0.4, 0.5) is 0 Å². The van der Waals surface area contributed by atoms with E-state index in [4.69, 9.17) is 4.98 Å². The van der Waals surface area contributed by atoms with E-state index in [-0.39, 0.29) is 0 Å². The zero-order chi connectivity index (χ0) is 15.1. The maximum atomic E-state index is 9.24. The van der Waals surface area contributed by atoms with Gasteiger partial charge in [-0.3, -0.25) is 0 Å². The van der Waals surface area contributed by atoms with Crippen LogP contribution in [0.2, 0.25) is 0 Å². The van der Waals surface area contributed by atoms with Crippen molar-refractivity contribution >= 4 is 37.5 Å². The van der Waals surface area contributed by atoms with E-state index in [0.29, 0.717) is 18.4 Å². The summed E-state index contributed by atoms with van der Waals surface area (Å²) in [6.45, 7) is 2.69. The summed E-state index contributed by atoms with van der Waals surface area (Å²) < 4.78 is 2.42. The summed E-state index contributed by atoms with van der Waals surface area (Å²) in [5, 5.41) is 10.6. The lowest BCUT2D eigenvalue weighted by atomic mass is 9.78. The van der Waals surface area contributed by atoms with E-state index in [9.17, 15) is 5.11 Å². The summed E-state index contributed by atoms with van der Waals surface area (Å²) in [5.74, 6) is 1.19. The van der Waals surface area contributed by atoms with Gasteiger partial charge in [0.1, 0.15) is 0 Å². The lowest BCUT2D eigenvalue weighted by molar-refractivity contribution is 0.0565. The van der Waals surface area contributed by atoms with Crippen molar-refractivity contribution in [2.24, 2.45) is 5.92 Å². The first-order chi connectivity index (χ1) is 10.7. The lowest BCUT2D eigenvalue weighted by Gasteiger charge is -2.45. The lowest BCUT2D eigenvalue weighted by Crippen LogP contribution is -2.47. The van der Waals surface area contributed by atoms with Crippen molar-refractivity contribution < 1.29 is 5.11 Å². The molecule has 5 heteroatoms. The molecule has 0 atom stereocenters. The summed E-state index contributed by atoms with van der Waals surface area (Å²) in [6, 6.07) is 7.09. The third-order valence-electron chi connectivity index (χ3n) is 5.25. The Morgan fingerprint density at radius 2 is 2.05 bits per heavy atom. The largest absolute Gasteiger partial charge is 0.396 e. The van der Waals surface area contributed by atoms with Crippen molar-refractivity contribution in [1.82, 2.24) is 9.88 Å². The van der Waals surface area contributed by atoms with Crippen molar-refractivity contribution in [2.75, 3.05) is 19.7 Å². The van der Waals surface area contributed by atoms with Gasteiger partial charge in [0.15, 0.2) is 0 Å². The van der Waals surface area contributed by atoms with Crippen LogP contribution in [0.25, 0.3) is 10.2 Å². The Morgan fingerprint density at radius 3 is 2.77 bits per heavy atom. The molecular weight excluding hydrogens is 360 g/mol. The van der Waals surface area contributed by atoms with Crippen LogP contribution in [0.1, 0.15) is 36.6 Å². The monoisotopic (exact) mass is 380 g/mol. The molecule has 2 aliphatic rings. The van der Waals surface area contributed by atoms with Gasteiger partial charge in [-0.1, -0.05) is 15.9 Å². The number of nitrogens with zero attached hydrogens (tertiary/aromatic N) is 2. The Morgan fingerprint density at radius 1 is 1.27 bits per heavy atom. The molecule has 2 fully saturated rings. The molecule has 118 valence electrons. The van der Waals surface area contributed by atoms with E-state index in [1.807, 2.05) is 11.3 Å². The van der Waals surface area contributed by atoms with Crippen LogP contribution in [-0.2, 0) is 0 Å². The average molecular weight is 381 g/mol. The van der Waals surface area contributed by atoms with Crippen molar-refractivity contribution in [2.45, 2.75) is 37.6 Å². The van der Waals surface area contributed by atoms with Crippen molar-refractivity contribution in [1.29, 1.82) is 0 Å². The summed E-state index contributed by atoms with van der Waals surface area (Å²) in [4.78, 5) is 7.46. The normalized spacial score (nSPS) is 27.2. The summed E-state index contributed by atoms with van der Waals surface area (Å²) >= 11 is 5.39. The number of fused-ring (bicyclic) bond motifs is 1. The third-order valence-corrected chi connectivity index (χ3v) is 6.93. The fourth-order valence-electron chi connectivity index (χ4n) is 3.68. The number of aromatic nitrogens is 1. The summed E-state index contributed by atoms with van der Waals surface area (Å²) in [5.41, 5.74) is 1.13. The van der Waals surface area contributed by atoms with E-state index < -0.39 is 0 Å². The number of aliphatic hydroxyl groups is 1. The van der Waals surface area contributed by atoms with Gasteiger partial charge < -0.3 is 10.0 Å². The Kier molecular flexibility index (Phi) is 4.24. The minimum absolute atomic E-state index is 0.363. The SMILES string of the molecule is OCC1CCN([C@H]2C[C@@H](c3nc4ccc(Br)cc4s3)C2)CC1. The first-order valence-electron chi connectivity index (χ1n) is 8.14. The molecule has 1 aromatic carbocycles. The maximum Gasteiger partial charge on any atom is 0.0970 e. The van der Waals surface area contributed by atoms with Crippen molar-refractivity contribution in [3.8, 4) is 0 Å². The Hall–Kier alpha value is -0.490. The van der Waals surface area contributed by atoms with Gasteiger partial charge in [-0.15, -0.1) is 11.3 Å². The van der Waals surface area contributed by atoms with Crippen LogP contribution < -0.4 is 0 Å². The summed E-state index contributed by atoms with van der Waals surface area (Å²) in [7, 11) is 0. The van der Waals surface area contributed by atoms with Crippen molar-refractivity contribution in [3.63, 3.8) is 0 Å². The number of piperidine rings is 1. The molecule has 3 nitrogen and oxygen atoms in total. The minimum atomic E-state index is 0.363. The number of aliphatic hydroxyl groups excluding tert-OH is 1. The molecular formula is C17H21BrN2OS. The van der Waals surface area contributed by atoms with Gasteiger partial charge in [0.25, 0.3) is 0 Å². The number of halogens is 1. The highest BCUT2D eigenvalue weighted by Gasteiger charge is 2.37. The minimum Gasteiger partial charge on any atom is -0.396 e. The maximum absolute atomic E-state index is 9.24. The van der Waals surface area contributed by atoms with Crippen LogP contribution in [0, 0.1) is 5.92 Å². The molecule has 2 aromatic rings. The van der Waals surface area contributed by atoms with Gasteiger partial charge >= 0.3 is 0 Å². The summed E-state index contributed by atoms with van der Waals surface area (Å²) in [6.07, 6.45) is 4.83. The number of benzene rings is 1. The molecule has 1 aliphatic heterocycles.